The van der Waals surface area contributed by atoms with Gasteiger partial charge in [-0.2, -0.15) is 5.26 Å². The largest absolute Gasteiger partial charge is 0.479 e. The third-order valence-electron chi connectivity index (χ3n) is 3.48. The lowest BCUT2D eigenvalue weighted by molar-refractivity contribution is -0.159. The second kappa shape index (κ2) is 8.76. The molecule has 0 saturated heterocycles. The number of halogens is 2. The Morgan fingerprint density at radius 2 is 1.70 bits per heavy atom. The molecule has 0 fully saturated rings. The fraction of sp³-hybridized carbons (Fsp3) is 0.211. The second-order valence-corrected chi connectivity index (χ2v) is 5.59. The Kier molecular flexibility index (Phi) is 6.44. The Morgan fingerprint density at radius 1 is 1.04 bits per heavy atom. The minimum Gasteiger partial charge on any atom is -0.479 e. The van der Waals surface area contributed by atoms with Crippen molar-refractivity contribution in [3.63, 3.8) is 0 Å². The number of nitriles is 1. The Balaban J connectivity index is 1.89. The molecule has 0 saturated carbocycles. The van der Waals surface area contributed by atoms with Gasteiger partial charge in [-0.25, -0.2) is 13.6 Å². The van der Waals surface area contributed by atoms with Crippen molar-refractivity contribution < 1.29 is 27.8 Å². The number of nitrogens with zero attached hydrogens (tertiary/aromatic N) is 1. The quantitative estimate of drug-likeness (QED) is 0.785. The zero-order valence-corrected chi connectivity index (χ0v) is 14.5. The Bertz CT molecular complexity index is 878. The van der Waals surface area contributed by atoms with Crippen LogP contribution in [-0.4, -0.2) is 24.1 Å². The first-order valence-electron chi connectivity index (χ1n) is 7.93. The number of esters is 1. The monoisotopic (exact) mass is 374 g/mol. The number of carbonyl (C=O) groups excluding carboxylic acids is 2. The van der Waals surface area contributed by atoms with E-state index < -0.39 is 35.7 Å². The van der Waals surface area contributed by atoms with Crippen molar-refractivity contribution in [1.82, 2.24) is 0 Å². The molecule has 0 radical (unpaired) electrons. The van der Waals surface area contributed by atoms with Crippen LogP contribution in [0.15, 0.2) is 42.5 Å². The van der Waals surface area contributed by atoms with Crippen molar-refractivity contribution in [1.29, 1.82) is 5.26 Å². The van der Waals surface area contributed by atoms with Crippen LogP contribution in [0.4, 0.5) is 14.5 Å². The molecule has 1 amide bonds. The molecular weight excluding hydrogens is 358 g/mol. The Morgan fingerprint density at radius 3 is 2.30 bits per heavy atom. The molecule has 2 rings (SSSR count). The molecule has 6 nitrogen and oxygen atoms in total. The molecule has 140 valence electrons. The summed E-state index contributed by atoms with van der Waals surface area (Å²) in [5.74, 6) is -3.28. The first-order valence-corrected chi connectivity index (χ1v) is 7.93. The molecule has 2 atom stereocenters. The maximum absolute atomic E-state index is 13.2. The molecule has 27 heavy (non-hydrogen) atoms. The SMILES string of the molecule is C[C@@H](OC(=O)[C@@H](C)Oc1ccc(C#N)cc1)C(=O)Nc1ccc(F)c(F)c1. The fourth-order valence-corrected chi connectivity index (χ4v) is 2.00. The highest BCUT2D eigenvalue weighted by Gasteiger charge is 2.23. The summed E-state index contributed by atoms with van der Waals surface area (Å²) in [7, 11) is 0. The molecule has 8 heteroatoms. The maximum atomic E-state index is 13.2. The molecular formula is C19H16F2N2O4. The summed E-state index contributed by atoms with van der Waals surface area (Å²) >= 11 is 0. The van der Waals surface area contributed by atoms with Gasteiger partial charge >= 0.3 is 5.97 Å². The van der Waals surface area contributed by atoms with Gasteiger partial charge in [0.1, 0.15) is 5.75 Å². The van der Waals surface area contributed by atoms with Gasteiger partial charge in [0, 0.05) is 11.8 Å². The lowest BCUT2D eigenvalue weighted by atomic mass is 10.2. The third-order valence-corrected chi connectivity index (χ3v) is 3.48. The van der Waals surface area contributed by atoms with Gasteiger partial charge in [0.15, 0.2) is 23.8 Å². The number of benzene rings is 2. The number of hydrogen-bond acceptors (Lipinski definition) is 5. The van der Waals surface area contributed by atoms with Crippen molar-refractivity contribution in [2.75, 3.05) is 5.32 Å². The lowest BCUT2D eigenvalue weighted by Crippen LogP contribution is -2.35. The molecule has 2 aromatic rings. The highest BCUT2D eigenvalue weighted by atomic mass is 19.2. The van der Waals surface area contributed by atoms with Gasteiger partial charge < -0.3 is 14.8 Å². The highest BCUT2D eigenvalue weighted by Crippen LogP contribution is 2.16. The van der Waals surface area contributed by atoms with Crippen LogP contribution >= 0.6 is 0 Å². The van der Waals surface area contributed by atoms with Crippen molar-refractivity contribution in [3.05, 3.63) is 59.7 Å². The smallest absolute Gasteiger partial charge is 0.347 e. The number of rotatable bonds is 6. The Hall–Kier alpha value is -3.47. The molecule has 0 bridgehead atoms. The van der Waals surface area contributed by atoms with E-state index in [1.54, 1.807) is 0 Å². The topological polar surface area (TPSA) is 88.4 Å². The zero-order chi connectivity index (χ0) is 20.0. The average Bonchev–Trinajstić information content (AvgIpc) is 2.65. The first kappa shape index (κ1) is 19.8. The van der Waals surface area contributed by atoms with Crippen LogP contribution in [0.2, 0.25) is 0 Å². The van der Waals surface area contributed by atoms with Crippen LogP contribution in [0.25, 0.3) is 0 Å². The number of anilines is 1. The van der Waals surface area contributed by atoms with E-state index in [1.807, 2.05) is 6.07 Å². The Labute approximate surface area is 154 Å². The van der Waals surface area contributed by atoms with E-state index in [0.717, 1.165) is 12.1 Å². The van der Waals surface area contributed by atoms with Gasteiger partial charge in [0.05, 0.1) is 11.6 Å². The van der Waals surface area contributed by atoms with Crippen LogP contribution in [-0.2, 0) is 14.3 Å². The molecule has 0 aliphatic rings. The molecule has 0 aliphatic carbocycles. The predicted octanol–water partition coefficient (Wildman–Crippen LogP) is 3.17. The summed E-state index contributed by atoms with van der Waals surface area (Å²) < 4.78 is 36.5. The first-order chi connectivity index (χ1) is 12.8. The summed E-state index contributed by atoms with van der Waals surface area (Å²) in [4.78, 5) is 24.1. The number of amides is 1. The normalized spacial score (nSPS) is 12.4. The lowest BCUT2D eigenvalue weighted by Gasteiger charge is -2.18. The summed E-state index contributed by atoms with van der Waals surface area (Å²) in [6.07, 6.45) is -2.19. The van der Waals surface area contributed by atoms with Gasteiger partial charge in [-0.15, -0.1) is 0 Å². The summed E-state index contributed by atoms with van der Waals surface area (Å²) in [5.41, 5.74) is 0.476. The van der Waals surface area contributed by atoms with Gasteiger partial charge in [-0.3, -0.25) is 4.79 Å². The standard InChI is InChI=1S/C19H16F2N2O4/c1-11(18(24)23-14-5-8-16(20)17(21)9-14)27-19(25)12(2)26-15-6-3-13(10-22)4-7-15/h3-9,11-12H,1-2H3,(H,23,24)/t11-,12-/m1/s1. The van der Waals surface area contributed by atoms with E-state index in [4.69, 9.17) is 14.7 Å². The van der Waals surface area contributed by atoms with Crippen LogP contribution in [0, 0.1) is 23.0 Å². The molecule has 1 N–H and O–H groups in total. The van der Waals surface area contributed by atoms with Crippen LogP contribution in [0.1, 0.15) is 19.4 Å². The van der Waals surface area contributed by atoms with Crippen LogP contribution in [0.3, 0.4) is 0 Å². The molecule has 0 aliphatic heterocycles. The highest BCUT2D eigenvalue weighted by molar-refractivity contribution is 5.95. The number of hydrogen-bond donors (Lipinski definition) is 1. The van der Waals surface area contributed by atoms with Gasteiger partial charge in [0.2, 0.25) is 0 Å². The van der Waals surface area contributed by atoms with E-state index in [1.165, 1.54) is 44.2 Å². The van der Waals surface area contributed by atoms with Crippen molar-refractivity contribution in [3.8, 4) is 11.8 Å². The van der Waals surface area contributed by atoms with E-state index in [0.29, 0.717) is 11.3 Å². The summed E-state index contributed by atoms with van der Waals surface area (Å²) in [6, 6.07) is 11.0. The third kappa shape index (κ3) is 5.51. The van der Waals surface area contributed by atoms with Crippen LogP contribution in [0.5, 0.6) is 5.75 Å². The summed E-state index contributed by atoms with van der Waals surface area (Å²) in [6.45, 7) is 2.78. The van der Waals surface area contributed by atoms with Crippen molar-refractivity contribution in [2.45, 2.75) is 26.1 Å². The fourth-order valence-electron chi connectivity index (χ4n) is 2.00. The predicted molar refractivity (Wildman–Crippen MR) is 91.8 cm³/mol. The maximum Gasteiger partial charge on any atom is 0.347 e. The van der Waals surface area contributed by atoms with Gasteiger partial charge in [0.25, 0.3) is 5.91 Å². The van der Waals surface area contributed by atoms with E-state index >= 15 is 0 Å². The van der Waals surface area contributed by atoms with Crippen molar-refractivity contribution >= 4 is 17.6 Å². The van der Waals surface area contributed by atoms with Gasteiger partial charge in [-0.05, 0) is 50.2 Å². The minimum absolute atomic E-state index is 0.0312. The van der Waals surface area contributed by atoms with Gasteiger partial charge in [-0.1, -0.05) is 0 Å². The average molecular weight is 374 g/mol. The number of ether oxygens (including phenoxy) is 2. The number of nitrogens with one attached hydrogen (secondary N) is 1. The zero-order valence-electron chi connectivity index (χ0n) is 14.5. The molecule has 0 unspecified atom stereocenters. The van der Waals surface area contributed by atoms with E-state index in [9.17, 15) is 18.4 Å². The van der Waals surface area contributed by atoms with E-state index in [2.05, 4.69) is 5.32 Å². The molecule has 0 spiro atoms. The molecule has 0 aromatic heterocycles. The number of carbonyl (C=O) groups is 2. The minimum atomic E-state index is -1.18. The van der Waals surface area contributed by atoms with Crippen molar-refractivity contribution in [2.24, 2.45) is 0 Å². The van der Waals surface area contributed by atoms with Crippen LogP contribution < -0.4 is 10.1 Å². The molecule has 2 aromatic carbocycles. The second-order valence-electron chi connectivity index (χ2n) is 5.59. The van der Waals surface area contributed by atoms with E-state index in [-0.39, 0.29) is 5.69 Å². The molecule has 0 heterocycles. The summed E-state index contributed by atoms with van der Waals surface area (Å²) in [5, 5.41) is 11.1.